The van der Waals surface area contributed by atoms with Gasteiger partial charge in [-0.1, -0.05) is 6.07 Å². The minimum absolute atomic E-state index is 0.0283. The van der Waals surface area contributed by atoms with Gasteiger partial charge in [0.25, 0.3) is 5.91 Å². The Bertz CT molecular complexity index is 1360. The molecule has 9 heteroatoms. The molecule has 6 heterocycles. The summed E-state index contributed by atoms with van der Waals surface area (Å²) in [5, 5.41) is 12.1. The summed E-state index contributed by atoms with van der Waals surface area (Å²) >= 11 is 0. The van der Waals surface area contributed by atoms with Gasteiger partial charge in [0.2, 0.25) is 0 Å². The number of fused-ring (bicyclic) bond motifs is 2. The first-order valence-electron chi connectivity index (χ1n) is 12.9. The van der Waals surface area contributed by atoms with Crippen molar-refractivity contribution in [1.29, 1.82) is 0 Å². The fourth-order valence-electron chi connectivity index (χ4n) is 6.03. The van der Waals surface area contributed by atoms with Gasteiger partial charge in [-0.15, -0.1) is 10.2 Å². The van der Waals surface area contributed by atoms with E-state index in [4.69, 9.17) is 9.97 Å². The molecule has 0 aliphatic carbocycles. The lowest BCUT2D eigenvalue weighted by atomic mass is 10.0. The van der Waals surface area contributed by atoms with Crippen LogP contribution in [-0.4, -0.2) is 49.8 Å². The number of hydrogen-bond acceptors (Lipinski definition) is 7. The van der Waals surface area contributed by atoms with Gasteiger partial charge in [-0.2, -0.15) is 0 Å². The van der Waals surface area contributed by atoms with Gasteiger partial charge in [0.15, 0.2) is 5.82 Å². The maximum absolute atomic E-state index is 13.8. The molecule has 0 aromatic carbocycles. The van der Waals surface area contributed by atoms with E-state index in [9.17, 15) is 4.79 Å². The van der Waals surface area contributed by atoms with Crippen LogP contribution in [0.4, 0.5) is 11.6 Å². The number of nitrogens with zero attached hydrogens (tertiary/aromatic N) is 7. The van der Waals surface area contributed by atoms with Gasteiger partial charge in [0, 0.05) is 36.2 Å². The molecule has 188 valence electrons. The van der Waals surface area contributed by atoms with Gasteiger partial charge >= 0.3 is 0 Å². The third-order valence-electron chi connectivity index (χ3n) is 8.05. The Kier molecular flexibility index (Phi) is 5.19. The zero-order valence-corrected chi connectivity index (χ0v) is 21.8. The van der Waals surface area contributed by atoms with Gasteiger partial charge in [-0.05, 0) is 72.2 Å². The van der Waals surface area contributed by atoms with Crippen LogP contribution >= 0.6 is 0 Å². The number of aromatic nitrogens is 5. The summed E-state index contributed by atoms with van der Waals surface area (Å²) < 4.78 is 2.19. The minimum atomic E-state index is -0.0565. The van der Waals surface area contributed by atoms with Crippen LogP contribution in [0.3, 0.4) is 0 Å². The summed E-state index contributed by atoms with van der Waals surface area (Å²) in [5.41, 5.74) is 3.34. The molecule has 0 radical (unpaired) electrons. The van der Waals surface area contributed by atoms with Crippen molar-refractivity contribution in [2.45, 2.75) is 77.5 Å². The van der Waals surface area contributed by atoms with Gasteiger partial charge < -0.3 is 14.8 Å². The molecule has 1 N–H and O–H groups in total. The maximum Gasteiger partial charge on any atom is 0.260 e. The van der Waals surface area contributed by atoms with Gasteiger partial charge in [0.05, 0.1) is 17.8 Å². The van der Waals surface area contributed by atoms with Crippen molar-refractivity contribution < 1.29 is 4.79 Å². The molecule has 1 amide bonds. The lowest BCUT2D eigenvalue weighted by Gasteiger charge is -2.33. The quantitative estimate of drug-likeness (QED) is 0.588. The van der Waals surface area contributed by atoms with Crippen molar-refractivity contribution >= 4 is 17.5 Å². The highest BCUT2D eigenvalue weighted by molar-refractivity contribution is 6.10. The van der Waals surface area contributed by atoms with E-state index in [0.717, 1.165) is 72.2 Å². The van der Waals surface area contributed by atoms with E-state index in [2.05, 4.69) is 52.7 Å². The first-order chi connectivity index (χ1) is 17.2. The highest BCUT2D eigenvalue weighted by Gasteiger charge is 2.38. The molecular weight excluding hydrogens is 452 g/mol. The Balaban J connectivity index is 1.37. The lowest BCUT2D eigenvalue weighted by molar-refractivity contribution is 0.0996. The molecule has 3 aliphatic rings. The van der Waals surface area contributed by atoms with E-state index in [-0.39, 0.29) is 17.0 Å². The second-order valence-corrected chi connectivity index (χ2v) is 11.4. The van der Waals surface area contributed by atoms with Gasteiger partial charge in [-0.3, -0.25) is 9.69 Å². The molecule has 6 rings (SSSR count). The Morgan fingerprint density at radius 2 is 1.86 bits per heavy atom. The molecular formula is C27H34N8O. The predicted molar refractivity (Wildman–Crippen MR) is 139 cm³/mol. The summed E-state index contributed by atoms with van der Waals surface area (Å²) in [6.07, 6.45) is 4.19. The Hall–Kier alpha value is -3.33. The van der Waals surface area contributed by atoms with E-state index in [1.54, 1.807) is 4.90 Å². The number of rotatable bonds is 5. The average molecular weight is 487 g/mol. The third-order valence-corrected chi connectivity index (χ3v) is 8.05. The summed E-state index contributed by atoms with van der Waals surface area (Å²) in [6, 6.07) is 7.78. The summed E-state index contributed by atoms with van der Waals surface area (Å²) in [4.78, 5) is 27.8. The van der Waals surface area contributed by atoms with E-state index in [1.165, 1.54) is 0 Å². The second-order valence-electron chi connectivity index (χ2n) is 11.4. The molecule has 3 aromatic rings. The molecule has 0 saturated carbocycles. The van der Waals surface area contributed by atoms with E-state index < -0.39 is 0 Å². The number of carbonyl (C=O) groups is 1. The summed E-state index contributed by atoms with van der Waals surface area (Å²) in [6.45, 7) is 10.9. The van der Waals surface area contributed by atoms with Crippen LogP contribution in [0.2, 0.25) is 0 Å². The normalized spacial score (nSPS) is 19.8. The monoisotopic (exact) mass is 486 g/mol. The SMILES string of the molecule is CNCc1nc(N2CCCC2(C)C)cc2c1CN(c1cccc(-c3nnc4n3C(C)(C)CC4)n1)C2=O. The maximum atomic E-state index is 13.8. The van der Waals surface area contributed by atoms with E-state index in [0.29, 0.717) is 18.9 Å². The van der Waals surface area contributed by atoms with Crippen LogP contribution in [-0.2, 0) is 25.0 Å². The molecule has 1 fully saturated rings. The van der Waals surface area contributed by atoms with E-state index >= 15 is 0 Å². The van der Waals surface area contributed by atoms with Crippen molar-refractivity contribution in [3.63, 3.8) is 0 Å². The van der Waals surface area contributed by atoms with Crippen molar-refractivity contribution in [3.8, 4) is 11.5 Å². The fraction of sp³-hybridized carbons (Fsp3) is 0.519. The van der Waals surface area contributed by atoms with Crippen LogP contribution in [0.25, 0.3) is 11.5 Å². The molecule has 3 aliphatic heterocycles. The average Bonchev–Trinajstić information content (AvgIpc) is 3.58. The topological polar surface area (TPSA) is 92.1 Å². The molecule has 3 aromatic heterocycles. The number of carbonyl (C=O) groups excluding carboxylic acids is 1. The lowest BCUT2D eigenvalue weighted by Crippen LogP contribution is -2.39. The largest absolute Gasteiger partial charge is 0.351 e. The minimum Gasteiger partial charge on any atom is -0.351 e. The second kappa shape index (κ2) is 8.09. The zero-order chi connectivity index (χ0) is 25.2. The number of amides is 1. The Labute approximate surface area is 211 Å². The first kappa shape index (κ1) is 23.1. The highest BCUT2D eigenvalue weighted by Crippen LogP contribution is 2.38. The summed E-state index contributed by atoms with van der Waals surface area (Å²) in [5.74, 6) is 3.24. The van der Waals surface area contributed by atoms with Crippen LogP contribution in [0.15, 0.2) is 24.3 Å². The Morgan fingerprint density at radius 1 is 1.03 bits per heavy atom. The van der Waals surface area contributed by atoms with E-state index in [1.807, 2.05) is 31.3 Å². The molecule has 0 bridgehead atoms. The van der Waals surface area contributed by atoms with Crippen LogP contribution < -0.4 is 15.1 Å². The molecule has 1 saturated heterocycles. The van der Waals surface area contributed by atoms with Crippen molar-refractivity contribution in [3.05, 3.63) is 46.9 Å². The van der Waals surface area contributed by atoms with Crippen LogP contribution in [0.5, 0.6) is 0 Å². The fourth-order valence-corrected chi connectivity index (χ4v) is 6.03. The van der Waals surface area contributed by atoms with Crippen LogP contribution in [0.1, 0.15) is 74.4 Å². The standard InChI is InChI=1S/C27H34N8O/c1-26(2)11-7-13-34(26)23-14-17-18(20(30-23)15-28-5)16-33(25(17)36)21-9-6-8-19(29-21)24-32-31-22-10-12-27(3,4)35(22)24/h6,8-9,14,28H,7,10-13,15-16H2,1-5H3. The van der Waals surface area contributed by atoms with Gasteiger partial charge in [0.1, 0.15) is 23.2 Å². The number of anilines is 2. The summed E-state index contributed by atoms with van der Waals surface area (Å²) in [7, 11) is 1.92. The molecule has 36 heavy (non-hydrogen) atoms. The smallest absolute Gasteiger partial charge is 0.260 e. The van der Waals surface area contributed by atoms with Crippen molar-refractivity contribution in [1.82, 2.24) is 30.0 Å². The van der Waals surface area contributed by atoms with Gasteiger partial charge in [-0.25, -0.2) is 9.97 Å². The number of nitrogens with one attached hydrogen (secondary N) is 1. The molecule has 0 spiro atoms. The van der Waals surface area contributed by atoms with Crippen LogP contribution in [0, 0.1) is 0 Å². The molecule has 0 unspecified atom stereocenters. The molecule has 0 atom stereocenters. The zero-order valence-electron chi connectivity index (χ0n) is 21.8. The van der Waals surface area contributed by atoms with Crippen molar-refractivity contribution in [2.75, 3.05) is 23.4 Å². The first-order valence-corrected chi connectivity index (χ1v) is 12.9. The van der Waals surface area contributed by atoms with Crippen molar-refractivity contribution in [2.24, 2.45) is 0 Å². The number of hydrogen-bond donors (Lipinski definition) is 1. The Morgan fingerprint density at radius 3 is 2.61 bits per heavy atom. The number of pyridine rings is 2. The highest BCUT2D eigenvalue weighted by atomic mass is 16.2. The predicted octanol–water partition coefficient (Wildman–Crippen LogP) is 3.68. The molecule has 9 nitrogen and oxygen atoms in total. The third kappa shape index (κ3) is 3.51. The number of aryl methyl sites for hydroxylation is 1.